The number of aromatic amines is 1. The van der Waals surface area contributed by atoms with E-state index in [0.29, 0.717) is 11.1 Å². The molecule has 4 rings (SSSR count). The number of fused-ring (bicyclic) bond motifs is 1. The van der Waals surface area contributed by atoms with Gasteiger partial charge in [-0.05, 0) is 48.2 Å². The normalized spacial score (nSPS) is 11.1. The van der Waals surface area contributed by atoms with Crippen LogP contribution in [-0.4, -0.2) is 16.6 Å². The third-order valence-corrected chi connectivity index (χ3v) is 5.63. The number of aromatic nitrogens is 2. The van der Waals surface area contributed by atoms with Crippen molar-refractivity contribution in [2.24, 2.45) is 0 Å². The minimum absolute atomic E-state index is 0.0596. The molecule has 0 atom stereocenters. The first-order valence-corrected chi connectivity index (χ1v) is 10.2. The summed E-state index contributed by atoms with van der Waals surface area (Å²) in [7, 11) is 1.69. The summed E-state index contributed by atoms with van der Waals surface area (Å²) in [5.41, 5.74) is 8.95. The molecule has 3 N–H and O–H groups in total. The monoisotopic (exact) mass is 432 g/mol. The number of nitrogens with two attached hydrogens (primary N) is 1. The van der Waals surface area contributed by atoms with Gasteiger partial charge in [-0.15, -0.1) is 0 Å². The average Bonchev–Trinajstić information content (AvgIpc) is 2.73. The second-order valence-corrected chi connectivity index (χ2v) is 7.94. The Hall–Kier alpha value is -4.07. The molecule has 0 fully saturated rings. The molecule has 2 heterocycles. The van der Waals surface area contributed by atoms with Crippen LogP contribution < -0.4 is 27.5 Å². The first-order valence-electron chi connectivity index (χ1n) is 10.2. The number of hydrogen-bond donors (Lipinski definition) is 2. The number of rotatable bonds is 5. The summed E-state index contributed by atoms with van der Waals surface area (Å²) in [6, 6.07) is 14.6. The minimum atomic E-state index is -0.585. The van der Waals surface area contributed by atoms with Crippen molar-refractivity contribution in [1.29, 1.82) is 0 Å². The molecule has 0 aliphatic heterocycles. The number of benzene rings is 2. The van der Waals surface area contributed by atoms with E-state index in [4.69, 9.17) is 10.2 Å². The molecule has 0 saturated carbocycles. The van der Waals surface area contributed by atoms with E-state index in [1.165, 1.54) is 10.6 Å². The molecule has 4 aromatic rings. The second-order valence-electron chi connectivity index (χ2n) is 7.94. The van der Waals surface area contributed by atoms with Crippen LogP contribution in [0.1, 0.15) is 22.3 Å². The summed E-state index contributed by atoms with van der Waals surface area (Å²) in [5.74, 6) is 0.0596. The number of nitrogens with zero attached hydrogens (tertiary/aromatic N) is 2. The van der Waals surface area contributed by atoms with Crippen molar-refractivity contribution in [3.63, 3.8) is 0 Å². The number of nitrogen functional groups attached to an aromatic ring is 1. The molecular weight excluding hydrogens is 408 g/mol. The molecule has 0 unspecified atom stereocenters. The zero-order chi connectivity index (χ0) is 23.0. The topological polar surface area (TPSA) is 114 Å². The third-order valence-electron chi connectivity index (χ3n) is 5.63. The van der Waals surface area contributed by atoms with Crippen LogP contribution in [0.4, 0.5) is 11.5 Å². The highest BCUT2D eigenvalue weighted by Crippen LogP contribution is 2.24. The number of aryl methyl sites for hydroxylation is 2. The largest absolute Gasteiger partial charge is 0.423 e. The predicted molar refractivity (Wildman–Crippen MR) is 125 cm³/mol. The van der Waals surface area contributed by atoms with E-state index < -0.39 is 16.9 Å². The van der Waals surface area contributed by atoms with E-state index >= 15 is 0 Å². The predicted octanol–water partition coefficient (Wildman–Crippen LogP) is 2.53. The van der Waals surface area contributed by atoms with Gasteiger partial charge in [-0.3, -0.25) is 14.3 Å². The molecule has 0 amide bonds. The molecule has 0 aliphatic carbocycles. The number of H-pyrrole nitrogens is 1. The van der Waals surface area contributed by atoms with E-state index in [1.807, 2.05) is 56.3 Å². The summed E-state index contributed by atoms with van der Waals surface area (Å²) < 4.78 is 6.69. The third kappa shape index (κ3) is 3.94. The molecule has 0 spiro atoms. The van der Waals surface area contributed by atoms with Gasteiger partial charge in [0.2, 0.25) is 0 Å². The smallest absolute Gasteiger partial charge is 0.336 e. The van der Waals surface area contributed by atoms with Gasteiger partial charge in [0, 0.05) is 25.0 Å². The first kappa shape index (κ1) is 21.2. The second kappa shape index (κ2) is 8.22. The Morgan fingerprint density at radius 1 is 1.03 bits per heavy atom. The maximum atomic E-state index is 12.7. The zero-order valence-corrected chi connectivity index (χ0v) is 18.1. The van der Waals surface area contributed by atoms with E-state index in [1.54, 1.807) is 11.9 Å². The Bertz CT molecular complexity index is 1480. The van der Waals surface area contributed by atoms with Crippen molar-refractivity contribution in [2.45, 2.75) is 26.9 Å². The van der Waals surface area contributed by atoms with Crippen molar-refractivity contribution in [2.75, 3.05) is 17.7 Å². The van der Waals surface area contributed by atoms with Crippen LogP contribution in [0.15, 0.2) is 67.3 Å². The maximum Gasteiger partial charge on any atom is 0.336 e. The maximum absolute atomic E-state index is 12.7. The molecule has 8 nitrogen and oxygen atoms in total. The van der Waals surface area contributed by atoms with Crippen LogP contribution in [0.2, 0.25) is 0 Å². The molecule has 32 heavy (non-hydrogen) atoms. The fourth-order valence-electron chi connectivity index (χ4n) is 3.82. The highest BCUT2D eigenvalue weighted by molar-refractivity contribution is 5.82. The number of nitrogens with one attached hydrogen (secondary N) is 1. The van der Waals surface area contributed by atoms with Crippen molar-refractivity contribution in [3.05, 3.63) is 102 Å². The molecule has 0 bridgehead atoms. The summed E-state index contributed by atoms with van der Waals surface area (Å²) in [6.45, 7) is 4.38. The summed E-state index contributed by atoms with van der Waals surface area (Å²) in [5, 5.41) is 0.784. The van der Waals surface area contributed by atoms with Crippen LogP contribution in [0.3, 0.4) is 0 Å². The Morgan fingerprint density at radius 3 is 2.44 bits per heavy atom. The molecule has 164 valence electrons. The lowest BCUT2D eigenvalue weighted by Crippen LogP contribution is -2.37. The lowest BCUT2D eigenvalue weighted by atomic mass is 10.0. The van der Waals surface area contributed by atoms with E-state index in [-0.39, 0.29) is 24.6 Å². The van der Waals surface area contributed by atoms with Crippen molar-refractivity contribution < 1.29 is 4.42 Å². The van der Waals surface area contributed by atoms with Gasteiger partial charge in [-0.2, -0.15) is 0 Å². The van der Waals surface area contributed by atoms with Crippen LogP contribution in [0, 0.1) is 13.8 Å². The molecular formula is C24H24N4O4. The van der Waals surface area contributed by atoms with Gasteiger partial charge in [0.25, 0.3) is 5.56 Å². The van der Waals surface area contributed by atoms with Crippen molar-refractivity contribution >= 4 is 22.5 Å². The van der Waals surface area contributed by atoms with Gasteiger partial charge in [0.15, 0.2) is 0 Å². The van der Waals surface area contributed by atoms with Gasteiger partial charge >= 0.3 is 11.3 Å². The molecule has 0 radical (unpaired) electrons. The van der Waals surface area contributed by atoms with Gasteiger partial charge in [-0.1, -0.05) is 30.3 Å². The van der Waals surface area contributed by atoms with Gasteiger partial charge in [-0.25, -0.2) is 9.59 Å². The fraction of sp³-hybridized carbons (Fsp3) is 0.208. The summed E-state index contributed by atoms with van der Waals surface area (Å²) in [4.78, 5) is 41.2. The molecule has 0 saturated heterocycles. The van der Waals surface area contributed by atoms with Crippen molar-refractivity contribution in [3.8, 4) is 0 Å². The Labute approximate surface area is 183 Å². The lowest BCUT2D eigenvalue weighted by Gasteiger charge is -2.22. The average molecular weight is 432 g/mol. The number of anilines is 2. The summed E-state index contributed by atoms with van der Waals surface area (Å²) in [6.07, 6.45) is 0. The van der Waals surface area contributed by atoms with Crippen LogP contribution in [0.25, 0.3) is 11.0 Å². The highest BCUT2D eigenvalue weighted by Gasteiger charge is 2.18. The quantitative estimate of drug-likeness (QED) is 0.469. The minimum Gasteiger partial charge on any atom is -0.423 e. The molecule has 0 aliphatic rings. The SMILES string of the molecule is Cc1cc2oc(=O)cc(CN(C)c3c(N)n(Cc4ccccc4)c(=O)[nH]c3=O)c2cc1C. The van der Waals surface area contributed by atoms with Gasteiger partial charge in [0.1, 0.15) is 17.1 Å². The molecule has 2 aromatic heterocycles. The van der Waals surface area contributed by atoms with E-state index in [0.717, 1.165) is 22.1 Å². The zero-order valence-electron chi connectivity index (χ0n) is 18.1. The van der Waals surface area contributed by atoms with Crippen LogP contribution in [0.5, 0.6) is 0 Å². The number of hydrogen-bond acceptors (Lipinski definition) is 6. The van der Waals surface area contributed by atoms with Crippen molar-refractivity contribution in [1.82, 2.24) is 9.55 Å². The van der Waals surface area contributed by atoms with Crippen LogP contribution in [-0.2, 0) is 13.1 Å². The van der Waals surface area contributed by atoms with E-state index in [9.17, 15) is 14.4 Å². The van der Waals surface area contributed by atoms with Crippen LogP contribution >= 0.6 is 0 Å². The Kier molecular flexibility index (Phi) is 5.44. The van der Waals surface area contributed by atoms with Gasteiger partial charge < -0.3 is 15.1 Å². The lowest BCUT2D eigenvalue weighted by molar-refractivity contribution is 0.558. The standard InChI is InChI=1S/C24H24N4O4/c1-14-9-18-17(11-20(29)32-19(18)10-15(14)2)13-27(3)21-22(25)28(24(31)26-23(21)30)12-16-7-5-4-6-8-16/h4-11H,12-13,25H2,1-3H3,(H,26,30,31). The van der Waals surface area contributed by atoms with E-state index in [2.05, 4.69) is 4.98 Å². The molecule has 2 aromatic carbocycles. The summed E-state index contributed by atoms with van der Waals surface area (Å²) >= 11 is 0. The Balaban J connectivity index is 1.78. The Morgan fingerprint density at radius 2 is 1.72 bits per heavy atom. The fourth-order valence-corrected chi connectivity index (χ4v) is 3.82. The highest BCUT2D eigenvalue weighted by atomic mass is 16.4. The molecule has 8 heteroatoms. The first-order chi connectivity index (χ1) is 15.2. The van der Waals surface area contributed by atoms with Gasteiger partial charge in [0.05, 0.1) is 6.54 Å².